The predicted molar refractivity (Wildman–Crippen MR) is 95.2 cm³/mol. The molecule has 1 aliphatic heterocycles. The molecule has 2 aromatic rings. The summed E-state index contributed by atoms with van der Waals surface area (Å²) in [6.07, 6.45) is 5.00. The lowest BCUT2D eigenvalue weighted by Crippen LogP contribution is -2.29. The van der Waals surface area contributed by atoms with Crippen LogP contribution < -0.4 is 15.5 Å². The molecule has 0 bridgehead atoms. The topological polar surface area (TPSA) is 70.2 Å². The van der Waals surface area contributed by atoms with E-state index in [1.54, 1.807) is 6.20 Å². The first-order valence-corrected chi connectivity index (χ1v) is 8.46. The lowest BCUT2D eigenvalue weighted by atomic mass is 10.1. The van der Waals surface area contributed by atoms with Gasteiger partial charge in [0.15, 0.2) is 0 Å². The Morgan fingerprint density at radius 1 is 1.21 bits per heavy atom. The predicted octanol–water partition coefficient (Wildman–Crippen LogP) is 2.96. The van der Waals surface area contributed by atoms with E-state index in [0.29, 0.717) is 6.54 Å². The molecule has 126 valence electrons. The van der Waals surface area contributed by atoms with Crippen molar-refractivity contribution in [1.29, 1.82) is 0 Å². The Balaban J connectivity index is 1.57. The van der Waals surface area contributed by atoms with E-state index < -0.39 is 0 Å². The second kappa shape index (κ2) is 7.77. The third kappa shape index (κ3) is 4.01. The molecule has 1 saturated heterocycles. The summed E-state index contributed by atoms with van der Waals surface area (Å²) in [5.74, 6) is 0.753. The number of carbonyl (C=O) groups excluding carboxylic acids is 1. The largest absolute Gasteiger partial charge is 0.341 e. The van der Waals surface area contributed by atoms with Gasteiger partial charge in [-0.3, -0.25) is 0 Å². The maximum absolute atomic E-state index is 12.1. The lowest BCUT2D eigenvalue weighted by Gasteiger charge is -2.15. The number of aromatic nitrogens is 2. The average molecular weight is 325 g/mol. The highest BCUT2D eigenvalue weighted by molar-refractivity contribution is 5.90. The fraction of sp³-hybridized carbons (Fsp3) is 0.389. The van der Waals surface area contributed by atoms with Crippen LogP contribution in [0.25, 0.3) is 0 Å². The number of aryl methyl sites for hydroxylation is 1. The van der Waals surface area contributed by atoms with Gasteiger partial charge in [0.05, 0.1) is 12.2 Å². The molecule has 2 amide bonds. The minimum Gasteiger partial charge on any atom is -0.341 e. The Morgan fingerprint density at radius 2 is 2.00 bits per heavy atom. The van der Waals surface area contributed by atoms with Crippen LogP contribution >= 0.6 is 0 Å². The monoisotopic (exact) mass is 325 g/mol. The first-order valence-electron chi connectivity index (χ1n) is 8.46. The van der Waals surface area contributed by atoms with Crippen molar-refractivity contribution < 1.29 is 4.79 Å². The van der Waals surface area contributed by atoms with Crippen molar-refractivity contribution in [2.75, 3.05) is 23.3 Å². The standard InChI is InChI=1S/C18H23N5O/c1-2-14-7-3-4-8-16(14)22-18(24)20-13-15-9-10-19-17(21-15)23-11-5-6-12-23/h3-4,7-10H,2,5-6,11-13H2,1H3,(H2,20,22,24). The molecule has 0 atom stereocenters. The number of nitrogens with zero attached hydrogens (tertiary/aromatic N) is 3. The highest BCUT2D eigenvalue weighted by Gasteiger charge is 2.15. The summed E-state index contributed by atoms with van der Waals surface area (Å²) in [6.45, 7) is 4.46. The Morgan fingerprint density at radius 3 is 2.79 bits per heavy atom. The fourth-order valence-corrected chi connectivity index (χ4v) is 2.84. The van der Waals surface area contributed by atoms with Gasteiger partial charge in [-0.25, -0.2) is 14.8 Å². The van der Waals surface area contributed by atoms with Crippen molar-refractivity contribution in [3.8, 4) is 0 Å². The van der Waals surface area contributed by atoms with Gasteiger partial charge in [0.1, 0.15) is 0 Å². The minimum absolute atomic E-state index is 0.225. The molecule has 2 heterocycles. The molecule has 1 fully saturated rings. The summed E-state index contributed by atoms with van der Waals surface area (Å²) in [5.41, 5.74) is 2.77. The normalized spacial score (nSPS) is 13.8. The number of anilines is 2. The van der Waals surface area contributed by atoms with Crippen LogP contribution in [-0.4, -0.2) is 29.1 Å². The van der Waals surface area contributed by atoms with Crippen molar-refractivity contribution in [3.05, 3.63) is 47.8 Å². The number of rotatable bonds is 5. The SMILES string of the molecule is CCc1ccccc1NC(=O)NCc1ccnc(N2CCCC2)n1. The maximum Gasteiger partial charge on any atom is 0.319 e. The van der Waals surface area contributed by atoms with Crippen LogP contribution in [0.4, 0.5) is 16.4 Å². The van der Waals surface area contributed by atoms with Crippen LogP contribution in [0, 0.1) is 0 Å². The number of amides is 2. The summed E-state index contributed by atoms with van der Waals surface area (Å²) < 4.78 is 0. The number of hydrogen-bond acceptors (Lipinski definition) is 4. The molecule has 0 saturated carbocycles. The van der Waals surface area contributed by atoms with Gasteiger partial charge in [-0.2, -0.15) is 0 Å². The van der Waals surface area contributed by atoms with Gasteiger partial charge in [0, 0.05) is 25.0 Å². The van der Waals surface area contributed by atoms with Gasteiger partial charge >= 0.3 is 6.03 Å². The third-order valence-corrected chi connectivity index (χ3v) is 4.17. The van der Waals surface area contributed by atoms with Crippen LogP contribution in [0.3, 0.4) is 0 Å². The summed E-state index contributed by atoms with van der Waals surface area (Å²) in [6, 6.07) is 9.43. The summed E-state index contributed by atoms with van der Waals surface area (Å²) >= 11 is 0. The Hall–Kier alpha value is -2.63. The van der Waals surface area contributed by atoms with Crippen molar-refractivity contribution in [1.82, 2.24) is 15.3 Å². The van der Waals surface area contributed by atoms with Crippen molar-refractivity contribution in [2.45, 2.75) is 32.7 Å². The fourth-order valence-electron chi connectivity index (χ4n) is 2.84. The second-order valence-electron chi connectivity index (χ2n) is 5.86. The Kier molecular flexibility index (Phi) is 5.25. The number of carbonyl (C=O) groups is 1. The van der Waals surface area contributed by atoms with Gasteiger partial charge in [-0.15, -0.1) is 0 Å². The molecule has 1 aromatic heterocycles. The van der Waals surface area contributed by atoms with Gasteiger partial charge in [-0.1, -0.05) is 25.1 Å². The van der Waals surface area contributed by atoms with Crippen LogP contribution in [0.5, 0.6) is 0 Å². The van der Waals surface area contributed by atoms with Crippen molar-refractivity contribution in [3.63, 3.8) is 0 Å². The molecule has 0 unspecified atom stereocenters. The number of hydrogen-bond donors (Lipinski definition) is 2. The zero-order chi connectivity index (χ0) is 16.8. The zero-order valence-corrected chi connectivity index (χ0v) is 14.0. The number of para-hydroxylation sites is 1. The van der Waals surface area contributed by atoms with Gasteiger partial charge in [-0.05, 0) is 37.0 Å². The number of urea groups is 1. The molecular formula is C18H23N5O. The molecule has 1 aromatic carbocycles. The first kappa shape index (κ1) is 16.2. The zero-order valence-electron chi connectivity index (χ0n) is 14.0. The quantitative estimate of drug-likeness (QED) is 0.887. The molecule has 0 spiro atoms. The summed E-state index contributed by atoms with van der Waals surface area (Å²) in [5, 5.41) is 5.76. The van der Waals surface area contributed by atoms with E-state index in [4.69, 9.17) is 0 Å². The smallest absolute Gasteiger partial charge is 0.319 e. The first-order chi connectivity index (χ1) is 11.8. The van der Waals surface area contributed by atoms with E-state index in [9.17, 15) is 4.79 Å². The minimum atomic E-state index is -0.225. The highest BCUT2D eigenvalue weighted by atomic mass is 16.2. The van der Waals surface area contributed by atoms with Crippen LogP contribution in [-0.2, 0) is 13.0 Å². The second-order valence-corrected chi connectivity index (χ2v) is 5.86. The van der Waals surface area contributed by atoms with Crippen LogP contribution in [0.2, 0.25) is 0 Å². The molecule has 24 heavy (non-hydrogen) atoms. The van der Waals surface area contributed by atoms with Crippen molar-refractivity contribution in [2.24, 2.45) is 0 Å². The number of nitrogens with one attached hydrogen (secondary N) is 2. The van der Waals surface area contributed by atoms with Gasteiger partial charge in [0.25, 0.3) is 0 Å². The van der Waals surface area contributed by atoms with E-state index in [1.165, 1.54) is 12.8 Å². The van der Waals surface area contributed by atoms with Gasteiger partial charge in [0.2, 0.25) is 5.95 Å². The summed E-state index contributed by atoms with van der Waals surface area (Å²) in [4.78, 5) is 23.2. The lowest BCUT2D eigenvalue weighted by molar-refractivity contribution is 0.251. The molecule has 1 aliphatic rings. The third-order valence-electron chi connectivity index (χ3n) is 4.17. The average Bonchev–Trinajstić information content (AvgIpc) is 3.15. The summed E-state index contributed by atoms with van der Waals surface area (Å²) in [7, 11) is 0. The Bertz CT molecular complexity index is 697. The maximum atomic E-state index is 12.1. The molecule has 6 nitrogen and oxygen atoms in total. The molecule has 2 N–H and O–H groups in total. The van der Waals surface area contributed by atoms with Crippen LogP contribution in [0.1, 0.15) is 31.0 Å². The van der Waals surface area contributed by atoms with Crippen molar-refractivity contribution >= 4 is 17.7 Å². The van der Waals surface area contributed by atoms with E-state index in [2.05, 4.69) is 32.4 Å². The molecular weight excluding hydrogens is 302 g/mol. The van der Waals surface area contributed by atoms with Crippen LogP contribution in [0.15, 0.2) is 36.5 Å². The van der Waals surface area contributed by atoms with E-state index in [0.717, 1.165) is 42.4 Å². The van der Waals surface area contributed by atoms with E-state index in [-0.39, 0.29) is 6.03 Å². The van der Waals surface area contributed by atoms with Gasteiger partial charge < -0.3 is 15.5 Å². The Labute approximate surface area is 142 Å². The van der Waals surface area contributed by atoms with E-state index in [1.807, 2.05) is 30.3 Å². The molecule has 6 heteroatoms. The molecule has 3 rings (SSSR count). The van der Waals surface area contributed by atoms with E-state index >= 15 is 0 Å². The molecule has 0 radical (unpaired) electrons. The number of benzene rings is 1. The highest BCUT2D eigenvalue weighted by Crippen LogP contribution is 2.16. The molecule has 0 aliphatic carbocycles.